The van der Waals surface area contributed by atoms with E-state index in [1.165, 1.54) is 89.1 Å². The van der Waals surface area contributed by atoms with Crippen LogP contribution in [0.25, 0.3) is 50.1 Å². The topological polar surface area (TPSA) is 3.24 Å². The summed E-state index contributed by atoms with van der Waals surface area (Å²) < 4.78 is 0. The molecule has 1 nitrogen and oxygen atoms in total. The molecular weight excluding hydrogens is 747 g/mol. The molecule has 0 heterocycles. The zero-order valence-electron chi connectivity index (χ0n) is 37.4. The van der Waals surface area contributed by atoms with Crippen LogP contribution >= 0.6 is 0 Å². The molecule has 0 saturated heterocycles. The Morgan fingerprint density at radius 2 is 1.11 bits per heavy atom. The molecule has 0 fully saturated rings. The first kappa shape index (κ1) is 40.7. The summed E-state index contributed by atoms with van der Waals surface area (Å²) in [7, 11) is 0. The first-order valence-electron chi connectivity index (χ1n) is 22.4. The van der Waals surface area contributed by atoms with E-state index in [1.807, 2.05) is 0 Å². The van der Waals surface area contributed by atoms with Gasteiger partial charge >= 0.3 is 0 Å². The van der Waals surface area contributed by atoms with Gasteiger partial charge in [-0.3, -0.25) is 0 Å². The third-order valence-electron chi connectivity index (χ3n) is 13.3. The van der Waals surface area contributed by atoms with Crippen molar-refractivity contribution in [3.8, 4) is 33.4 Å². The highest BCUT2D eigenvalue weighted by molar-refractivity contribution is 6.10. The summed E-state index contributed by atoms with van der Waals surface area (Å²) in [6.45, 7) is 16.0. The lowest BCUT2D eigenvalue weighted by molar-refractivity contribution is 0.608. The molecule has 7 aromatic carbocycles. The number of fused-ring (bicyclic) bond motifs is 2. The Kier molecular flexibility index (Phi) is 11.1. The predicted molar refractivity (Wildman–Crippen MR) is 268 cm³/mol. The minimum absolute atomic E-state index is 0.0438. The van der Waals surface area contributed by atoms with Crippen LogP contribution in [0.1, 0.15) is 87.3 Å². The molecule has 0 saturated carbocycles. The molecule has 306 valence electrons. The third kappa shape index (κ3) is 7.41. The number of hydrogen-bond donors (Lipinski definition) is 0. The van der Waals surface area contributed by atoms with Gasteiger partial charge in [-0.1, -0.05) is 178 Å². The summed E-state index contributed by atoms with van der Waals surface area (Å²) >= 11 is 0. The van der Waals surface area contributed by atoms with E-state index >= 15 is 0 Å². The highest BCUT2D eigenvalue weighted by Crippen LogP contribution is 2.54. The predicted octanol–water partition coefficient (Wildman–Crippen LogP) is 17.5. The van der Waals surface area contributed by atoms with Crippen LogP contribution in [0, 0.1) is 13.8 Å². The average molecular weight is 804 g/mol. The molecule has 9 rings (SSSR count). The van der Waals surface area contributed by atoms with E-state index in [9.17, 15) is 0 Å². The number of anilines is 3. The van der Waals surface area contributed by atoms with Crippen molar-refractivity contribution >= 4 is 33.8 Å². The molecule has 7 aromatic rings. The number of allylic oxidation sites excluding steroid dienone is 8. The second kappa shape index (κ2) is 17.0. The zero-order chi connectivity index (χ0) is 43.0. The van der Waals surface area contributed by atoms with Gasteiger partial charge in [-0.25, -0.2) is 0 Å². The first-order chi connectivity index (χ1) is 30.2. The maximum absolute atomic E-state index is 2.47. The summed E-state index contributed by atoms with van der Waals surface area (Å²) in [4.78, 5) is 2.40. The molecule has 0 spiro atoms. The lowest BCUT2D eigenvalue weighted by Gasteiger charge is -2.28. The average Bonchev–Trinajstić information content (AvgIpc) is 3.54. The SMILES string of the molecule is CC/C=C\C(=C(C)C)c1c(-c2ccc(N(c3ccc(C4=CCCC5=C4c4ccccc4C5(C)C)cc3)c3ccc(-c4ccccc4)cc3)cc2)ccc(-c2ccccc2C)c1C. The largest absolute Gasteiger partial charge is 0.311 e. The van der Waals surface area contributed by atoms with Gasteiger partial charge in [0.25, 0.3) is 0 Å². The van der Waals surface area contributed by atoms with Crippen molar-refractivity contribution in [2.24, 2.45) is 0 Å². The molecule has 62 heavy (non-hydrogen) atoms. The maximum Gasteiger partial charge on any atom is 0.0462 e. The van der Waals surface area contributed by atoms with Crippen molar-refractivity contribution in [2.45, 2.75) is 73.1 Å². The zero-order valence-corrected chi connectivity index (χ0v) is 37.4. The lowest BCUT2D eigenvalue weighted by Crippen LogP contribution is -2.17. The Bertz CT molecular complexity index is 2890. The van der Waals surface area contributed by atoms with Crippen molar-refractivity contribution in [3.05, 3.63) is 227 Å². The number of hydrogen-bond acceptors (Lipinski definition) is 1. The Labute approximate surface area is 370 Å². The smallest absolute Gasteiger partial charge is 0.0462 e. The fraction of sp³-hybridized carbons (Fsp3) is 0.180. The minimum Gasteiger partial charge on any atom is -0.311 e. The van der Waals surface area contributed by atoms with Crippen LogP contribution in [0.4, 0.5) is 17.1 Å². The van der Waals surface area contributed by atoms with Crippen molar-refractivity contribution in [3.63, 3.8) is 0 Å². The van der Waals surface area contributed by atoms with Gasteiger partial charge in [0.05, 0.1) is 0 Å². The molecule has 0 aromatic heterocycles. The second-order valence-electron chi connectivity index (χ2n) is 17.7. The maximum atomic E-state index is 2.47. The molecule has 0 N–H and O–H groups in total. The van der Waals surface area contributed by atoms with Crippen molar-refractivity contribution in [2.75, 3.05) is 4.90 Å². The van der Waals surface area contributed by atoms with E-state index in [0.29, 0.717) is 0 Å². The molecule has 2 aliphatic carbocycles. The first-order valence-corrected chi connectivity index (χ1v) is 22.4. The van der Waals surface area contributed by atoms with E-state index in [2.05, 4.69) is 235 Å². The van der Waals surface area contributed by atoms with E-state index < -0.39 is 0 Å². The summed E-state index contributed by atoms with van der Waals surface area (Å²) in [6, 6.07) is 60.6. The lowest BCUT2D eigenvalue weighted by atomic mass is 9.77. The van der Waals surface area contributed by atoms with E-state index in [-0.39, 0.29) is 5.41 Å². The van der Waals surface area contributed by atoms with Gasteiger partial charge in [-0.15, -0.1) is 0 Å². The van der Waals surface area contributed by atoms with Gasteiger partial charge in [-0.05, 0) is 167 Å². The van der Waals surface area contributed by atoms with Gasteiger partial charge < -0.3 is 4.90 Å². The van der Waals surface area contributed by atoms with E-state index in [0.717, 1.165) is 36.3 Å². The van der Waals surface area contributed by atoms with Crippen molar-refractivity contribution < 1.29 is 0 Å². The third-order valence-corrected chi connectivity index (χ3v) is 13.3. The quantitative estimate of drug-likeness (QED) is 0.125. The molecule has 0 radical (unpaired) electrons. The molecule has 0 unspecified atom stereocenters. The molecule has 2 aliphatic rings. The highest BCUT2D eigenvalue weighted by Gasteiger charge is 2.39. The standard InChI is InChI=1S/C61H57N/c1-8-9-21-51(41(2)3)59-43(5)53(52-22-14-13-18-42(52)4)39-40-55(59)47-31-37-50(38-32-47)62(48-33-27-45(28-34-48)44-19-11-10-12-20-44)49-35-29-46(30-36-49)54-24-17-26-58-60(54)56-23-15-16-25-57(56)61(58,6)7/h9-16,18-25,27-40H,8,17,26H2,1-7H3/b21-9-. The fourth-order valence-electron chi connectivity index (χ4n) is 10.0. The van der Waals surface area contributed by atoms with Gasteiger partial charge in [-0.2, -0.15) is 0 Å². The van der Waals surface area contributed by atoms with Crippen LogP contribution in [0.15, 0.2) is 193 Å². The Balaban J connectivity index is 1.13. The number of benzene rings is 7. The Hall–Kier alpha value is -6.70. The molecule has 0 amide bonds. The van der Waals surface area contributed by atoms with Crippen molar-refractivity contribution in [1.29, 1.82) is 0 Å². The van der Waals surface area contributed by atoms with E-state index in [4.69, 9.17) is 0 Å². The van der Waals surface area contributed by atoms with Crippen LogP contribution in [0.2, 0.25) is 0 Å². The van der Waals surface area contributed by atoms with Gasteiger partial charge in [0, 0.05) is 22.5 Å². The highest BCUT2D eigenvalue weighted by atomic mass is 15.1. The molecule has 0 atom stereocenters. The van der Waals surface area contributed by atoms with Crippen LogP contribution in [-0.2, 0) is 5.41 Å². The molecule has 0 aliphatic heterocycles. The summed E-state index contributed by atoms with van der Waals surface area (Å²) in [6.07, 6.45) is 10.3. The summed E-state index contributed by atoms with van der Waals surface area (Å²) in [5.74, 6) is 0. The fourth-order valence-corrected chi connectivity index (χ4v) is 10.0. The Morgan fingerprint density at radius 1 is 0.565 bits per heavy atom. The number of nitrogens with zero attached hydrogens (tertiary/aromatic N) is 1. The van der Waals surface area contributed by atoms with Crippen molar-refractivity contribution in [1.82, 2.24) is 0 Å². The second-order valence-corrected chi connectivity index (χ2v) is 17.7. The number of aryl methyl sites for hydroxylation is 1. The Morgan fingerprint density at radius 3 is 1.74 bits per heavy atom. The normalized spacial score (nSPS) is 14.1. The van der Waals surface area contributed by atoms with Crippen LogP contribution in [0.3, 0.4) is 0 Å². The number of rotatable bonds is 10. The monoisotopic (exact) mass is 803 g/mol. The minimum atomic E-state index is 0.0438. The van der Waals surface area contributed by atoms with E-state index in [1.54, 1.807) is 5.57 Å². The van der Waals surface area contributed by atoms with Crippen LogP contribution < -0.4 is 4.90 Å². The molecule has 1 heteroatoms. The van der Waals surface area contributed by atoms with Gasteiger partial charge in [0.2, 0.25) is 0 Å². The van der Waals surface area contributed by atoms with Crippen LogP contribution in [-0.4, -0.2) is 0 Å². The van der Waals surface area contributed by atoms with Gasteiger partial charge in [0.15, 0.2) is 0 Å². The molecular formula is C61H57N. The molecule has 0 bridgehead atoms. The van der Waals surface area contributed by atoms with Gasteiger partial charge in [0.1, 0.15) is 0 Å². The van der Waals surface area contributed by atoms with Crippen LogP contribution in [0.5, 0.6) is 0 Å². The summed E-state index contributed by atoms with van der Waals surface area (Å²) in [5.41, 5.74) is 25.8. The summed E-state index contributed by atoms with van der Waals surface area (Å²) in [5, 5.41) is 0.